The van der Waals surface area contributed by atoms with Crippen LogP contribution in [0.3, 0.4) is 0 Å². The molecule has 0 aliphatic carbocycles. The van der Waals surface area contributed by atoms with Gasteiger partial charge in [0.05, 0.1) is 44.6 Å². The Balaban J connectivity index is 1.39. The number of rotatable bonds is 5. The predicted molar refractivity (Wildman–Crippen MR) is 207 cm³/mol. The molecule has 10 rings (SSSR count). The summed E-state index contributed by atoms with van der Waals surface area (Å²) >= 11 is 0. The molecule has 0 N–H and O–H groups in total. The van der Waals surface area contributed by atoms with Crippen LogP contribution in [0, 0.1) is 29.1 Å². The molecule has 288 valence electrons. The lowest BCUT2D eigenvalue weighted by molar-refractivity contribution is -0.137. The van der Waals surface area contributed by atoms with Gasteiger partial charge in [-0.1, -0.05) is 60.7 Å². The van der Waals surface area contributed by atoms with Crippen molar-refractivity contribution in [3.05, 3.63) is 169 Å². The number of hydrogen-bond donors (Lipinski definition) is 0. The Labute approximate surface area is 327 Å². The molecule has 0 saturated heterocycles. The minimum atomic E-state index is -5.14. The highest BCUT2D eigenvalue weighted by Gasteiger charge is 2.38. The average Bonchev–Trinajstić information content (AvgIpc) is 3.77. The molecule has 14 heteroatoms. The molecule has 0 radical (unpaired) electrons. The number of aromatic nitrogens is 6. The molecule has 6 aromatic carbocycles. The molecule has 0 saturated carbocycles. The minimum Gasteiger partial charge on any atom is -0.309 e. The van der Waals surface area contributed by atoms with Crippen molar-refractivity contribution in [2.75, 3.05) is 0 Å². The van der Waals surface area contributed by atoms with E-state index in [9.17, 15) is 4.39 Å². The van der Waals surface area contributed by atoms with Crippen LogP contribution in [0.25, 0.3) is 88.9 Å². The topological polar surface area (TPSA) is 61.4 Å². The van der Waals surface area contributed by atoms with Gasteiger partial charge in [0, 0.05) is 63.0 Å². The van der Waals surface area contributed by atoms with Crippen LogP contribution in [0.5, 0.6) is 0 Å². The van der Waals surface area contributed by atoms with Crippen molar-refractivity contribution in [2.24, 2.45) is 0 Å². The van der Waals surface area contributed by atoms with E-state index in [1.807, 2.05) is 0 Å². The normalized spacial score (nSPS) is 12.1. The second-order valence-electron chi connectivity index (χ2n) is 13.6. The largest absolute Gasteiger partial charge is 0.418 e. The summed E-state index contributed by atoms with van der Waals surface area (Å²) in [5.41, 5.74) is -2.66. The fourth-order valence-electron chi connectivity index (χ4n) is 7.85. The van der Waals surface area contributed by atoms with E-state index in [0.717, 1.165) is 6.07 Å². The lowest BCUT2D eigenvalue weighted by Gasteiger charge is -2.23. The lowest BCUT2D eigenvalue weighted by Crippen LogP contribution is -2.14. The SMILES string of the molecule is Fc1c(F)c(F)c(-c2cc(-n3c4ccccc4c4ccc(-c5ncccn5)cc43)c(C(F)(F)F)cc2-n2c3ccccc3c3ccc(-c4ncccn4)cc32)c(F)c1F. The van der Waals surface area contributed by atoms with Crippen LogP contribution in [-0.2, 0) is 6.18 Å². The second kappa shape index (κ2) is 13.3. The fraction of sp³-hybridized carbons (Fsp3) is 0.0222. The van der Waals surface area contributed by atoms with E-state index in [0.29, 0.717) is 38.7 Å². The van der Waals surface area contributed by atoms with Crippen molar-refractivity contribution in [2.45, 2.75) is 6.18 Å². The first-order valence-corrected chi connectivity index (χ1v) is 17.9. The number of benzene rings is 6. The Morgan fingerprint density at radius 1 is 0.407 bits per heavy atom. The molecule has 0 atom stereocenters. The Hall–Kier alpha value is -7.48. The number of halogens is 8. The van der Waals surface area contributed by atoms with Gasteiger partial charge in [-0.05, 0) is 48.5 Å². The van der Waals surface area contributed by atoms with Gasteiger partial charge in [-0.25, -0.2) is 41.9 Å². The molecule has 59 heavy (non-hydrogen) atoms. The molecular weight excluding hydrogens is 777 g/mol. The van der Waals surface area contributed by atoms with E-state index >= 15 is 30.7 Å². The Morgan fingerprint density at radius 3 is 1.31 bits per heavy atom. The summed E-state index contributed by atoms with van der Waals surface area (Å²) in [7, 11) is 0. The standard InChI is InChI=1S/C45H22F8N6/c46-38-37(39(47)41(49)42(50)40(38)48)29-21-36(59-32-10-4-2-8-26(32)28-14-12-24(20-34(28)59)44-56-17-6-18-57-44)30(45(51,52)53)22-35(29)58-31-9-3-1-7-25(31)27-13-11-23(19-33(27)58)43-54-15-5-16-55-43/h1-22H. The summed E-state index contributed by atoms with van der Waals surface area (Å²) in [4.78, 5) is 17.2. The van der Waals surface area contributed by atoms with Crippen LogP contribution in [-0.4, -0.2) is 29.1 Å². The van der Waals surface area contributed by atoms with E-state index in [1.54, 1.807) is 97.1 Å². The smallest absolute Gasteiger partial charge is 0.309 e. The van der Waals surface area contributed by atoms with Gasteiger partial charge in [-0.2, -0.15) is 13.2 Å². The zero-order chi connectivity index (χ0) is 40.7. The summed E-state index contributed by atoms with van der Waals surface area (Å²) < 4.78 is 127. The monoisotopic (exact) mass is 798 g/mol. The number of hydrogen-bond acceptors (Lipinski definition) is 4. The molecular formula is C45H22F8N6. The molecule has 0 fully saturated rings. The summed E-state index contributed by atoms with van der Waals surface area (Å²) in [6.07, 6.45) is 0.871. The van der Waals surface area contributed by atoms with Crippen molar-refractivity contribution in [1.29, 1.82) is 0 Å². The minimum absolute atomic E-state index is 0.224. The van der Waals surface area contributed by atoms with Gasteiger partial charge in [0.2, 0.25) is 5.82 Å². The van der Waals surface area contributed by atoms with E-state index < -0.39 is 63.3 Å². The summed E-state index contributed by atoms with van der Waals surface area (Å²) in [6, 6.07) is 27.9. The Bertz CT molecular complexity index is 3290. The maximum Gasteiger partial charge on any atom is 0.418 e. The molecule has 0 amide bonds. The summed E-state index contributed by atoms with van der Waals surface area (Å²) in [6.45, 7) is 0. The van der Waals surface area contributed by atoms with E-state index in [-0.39, 0.29) is 33.7 Å². The molecule has 0 unspecified atom stereocenters. The van der Waals surface area contributed by atoms with E-state index in [1.165, 1.54) is 33.9 Å². The van der Waals surface area contributed by atoms with Crippen LogP contribution >= 0.6 is 0 Å². The highest BCUT2D eigenvalue weighted by Crippen LogP contribution is 2.47. The van der Waals surface area contributed by atoms with Gasteiger partial charge in [0.1, 0.15) is 0 Å². The predicted octanol–water partition coefficient (Wildman–Crippen LogP) is 12.2. The maximum absolute atomic E-state index is 16.2. The van der Waals surface area contributed by atoms with Crippen LogP contribution < -0.4 is 0 Å². The highest BCUT2D eigenvalue weighted by atomic mass is 19.4. The third-order valence-corrected chi connectivity index (χ3v) is 10.4. The molecule has 4 aromatic heterocycles. The van der Waals surface area contributed by atoms with Gasteiger partial charge in [-0.3, -0.25) is 0 Å². The number of alkyl halides is 3. The van der Waals surface area contributed by atoms with Crippen LogP contribution in [0.15, 0.2) is 134 Å². The van der Waals surface area contributed by atoms with Crippen molar-refractivity contribution >= 4 is 43.6 Å². The van der Waals surface area contributed by atoms with Crippen LogP contribution in [0.2, 0.25) is 0 Å². The zero-order valence-corrected chi connectivity index (χ0v) is 29.9. The average molecular weight is 799 g/mol. The summed E-state index contributed by atoms with van der Waals surface area (Å²) in [5, 5.41) is 2.07. The number of para-hydroxylation sites is 2. The van der Waals surface area contributed by atoms with Gasteiger partial charge in [0.15, 0.2) is 34.9 Å². The highest BCUT2D eigenvalue weighted by molar-refractivity contribution is 6.12. The zero-order valence-electron chi connectivity index (χ0n) is 29.9. The van der Waals surface area contributed by atoms with Crippen LogP contribution in [0.1, 0.15) is 5.56 Å². The van der Waals surface area contributed by atoms with Crippen LogP contribution in [0.4, 0.5) is 35.1 Å². The van der Waals surface area contributed by atoms with Gasteiger partial charge in [-0.15, -0.1) is 0 Å². The first-order chi connectivity index (χ1) is 28.5. The maximum atomic E-state index is 16.2. The van der Waals surface area contributed by atoms with E-state index in [2.05, 4.69) is 19.9 Å². The van der Waals surface area contributed by atoms with Crippen molar-refractivity contribution < 1.29 is 35.1 Å². The first-order valence-electron chi connectivity index (χ1n) is 17.9. The molecule has 0 aliphatic rings. The lowest BCUT2D eigenvalue weighted by atomic mass is 9.97. The number of nitrogens with zero attached hydrogens (tertiary/aromatic N) is 6. The van der Waals surface area contributed by atoms with Crippen molar-refractivity contribution in [3.8, 4) is 45.3 Å². The first kappa shape index (κ1) is 35.9. The van der Waals surface area contributed by atoms with E-state index in [4.69, 9.17) is 0 Å². The molecule has 6 nitrogen and oxygen atoms in total. The van der Waals surface area contributed by atoms with Gasteiger partial charge >= 0.3 is 6.18 Å². The summed E-state index contributed by atoms with van der Waals surface area (Å²) in [5.74, 6) is -10.9. The van der Waals surface area contributed by atoms with Crippen molar-refractivity contribution in [3.63, 3.8) is 0 Å². The van der Waals surface area contributed by atoms with Gasteiger partial charge in [0.25, 0.3) is 0 Å². The third kappa shape index (κ3) is 5.54. The molecule has 10 aromatic rings. The second-order valence-corrected chi connectivity index (χ2v) is 13.6. The number of fused-ring (bicyclic) bond motifs is 6. The van der Waals surface area contributed by atoms with Crippen molar-refractivity contribution in [1.82, 2.24) is 29.1 Å². The molecule has 4 heterocycles. The fourth-order valence-corrected chi connectivity index (χ4v) is 7.85. The Morgan fingerprint density at radius 2 is 0.831 bits per heavy atom. The molecule has 0 spiro atoms. The molecule has 0 bridgehead atoms. The van der Waals surface area contributed by atoms with Gasteiger partial charge < -0.3 is 9.13 Å². The quantitative estimate of drug-likeness (QED) is 0.0988. The Kier molecular flexibility index (Phi) is 8.09. The third-order valence-electron chi connectivity index (χ3n) is 10.4. The molecule has 0 aliphatic heterocycles.